The van der Waals surface area contributed by atoms with Crippen molar-refractivity contribution < 1.29 is 13.9 Å². The molecule has 0 radical (unpaired) electrons. The standard InChI is InChI=1S/C12H15ClFNO2/c1-7(2)15-12(16)8(3)17-11-5-4-9(14)6-10(11)13/h4-8H,1-3H3,(H,15,16). The van der Waals surface area contributed by atoms with Gasteiger partial charge in [0, 0.05) is 6.04 Å². The molecule has 1 atom stereocenters. The first-order chi connectivity index (χ1) is 7.90. The van der Waals surface area contributed by atoms with Gasteiger partial charge in [-0.2, -0.15) is 0 Å². The first kappa shape index (κ1) is 13.8. The van der Waals surface area contributed by atoms with E-state index in [0.29, 0.717) is 5.75 Å². The van der Waals surface area contributed by atoms with Crippen LogP contribution in [0.15, 0.2) is 18.2 Å². The molecular weight excluding hydrogens is 245 g/mol. The van der Waals surface area contributed by atoms with Crippen LogP contribution in [0, 0.1) is 5.82 Å². The maximum absolute atomic E-state index is 12.8. The first-order valence-electron chi connectivity index (χ1n) is 5.32. The fourth-order valence-corrected chi connectivity index (χ4v) is 1.43. The molecule has 94 valence electrons. The van der Waals surface area contributed by atoms with Gasteiger partial charge in [-0.1, -0.05) is 11.6 Å². The molecule has 0 bridgehead atoms. The Labute approximate surface area is 105 Å². The molecule has 0 spiro atoms. The number of hydrogen-bond donors (Lipinski definition) is 1. The van der Waals surface area contributed by atoms with E-state index in [1.807, 2.05) is 13.8 Å². The van der Waals surface area contributed by atoms with Gasteiger partial charge in [0.1, 0.15) is 11.6 Å². The molecule has 1 aromatic rings. The van der Waals surface area contributed by atoms with Gasteiger partial charge in [0.2, 0.25) is 0 Å². The fraction of sp³-hybridized carbons (Fsp3) is 0.417. The van der Waals surface area contributed by atoms with Crippen LogP contribution in [0.4, 0.5) is 4.39 Å². The molecule has 1 N–H and O–H groups in total. The summed E-state index contributed by atoms with van der Waals surface area (Å²) in [5, 5.41) is 2.86. The summed E-state index contributed by atoms with van der Waals surface area (Å²) in [5.41, 5.74) is 0. The molecule has 1 aromatic carbocycles. The smallest absolute Gasteiger partial charge is 0.260 e. The number of amides is 1. The molecule has 1 unspecified atom stereocenters. The van der Waals surface area contributed by atoms with Crippen LogP contribution >= 0.6 is 11.6 Å². The normalized spacial score (nSPS) is 12.4. The van der Waals surface area contributed by atoms with E-state index in [1.54, 1.807) is 6.92 Å². The van der Waals surface area contributed by atoms with Crippen molar-refractivity contribution in [3.05, 3.63) is 29.0 Å². The van der Waals surface area contributed by atoms with E-state index in [1.165, 1.54) is 12.1 Å². The van der Waals surface area contributed by atoms with Crippen molar-refractivity contribution in [3.63, 3.8) is 0 Å². The van der Waals surface area contributed by atoms with E-state index < -0.39 is 11.9 Å². The lowest BCUT2D eigenvalue weighted by atomic mass is 10.3. The molecule has 0 aromatic heterocycles. The number of carbonyl (C=O) groups excluding carboxylic acids is 1. The summed E-state index contributed by atoms with van der Waals surface area (Å²) in [4.78, 5) is 11.6. The second-order valence-corrected chi connectivity index (χ2v) is 4.41. The van der Waals surface area contributed by atoms with E-state index in [4.69, 9.17) is 16.3 Å². The summed E-state index contributed by atoms with van der Waals surface area (Å²) in [5.74, 6) is -0.388. The van der Waals surface area contributed by atoms with Gasteiger partial charge in [0.25, 0.3) is 5.91 Å². The van der Waals surface area contributed by atoms with Crippen LogP contribution in [0.3, 0.4) is 0 Å². The molecule has 3 nitrogen and oxygen atoms in total. The average molecular weight is 260 g/mol. The third-order valence-electron chi connectivity index (χ3n) is 2.00. The van der Waals surface area contributed by atoms with Gasteiger partial charge in [-0.25, -0.2) is 4.39 Å². The van der Waals surface area contributed by atoms with Crippen molar-refractivity contribution in [3.8, 4) is 5.75 Å². The summed E-state index contributed by atoms with van der Waals surface area (Å²) >= 11 is 5.79. The van der Waals surface area contributed by atoms with Crippen LogP contribution < -0.4 is 10.1 Å². The monoisotopic (exact) mass is 259 g/mol. The van der Waals surface area contributed by atoms with E-state index >= 15 is 0 Å². The first-order valence-corrected chi connectivity index (χ1v) is 5.70. The molecule has 1 rings (SSSR count). The zero-order valence-corrected chi connectivity index (χ0v) is 10.7. The van der Waals surface area contributed by atoms with E-state index in [-0.39, 0.29) is 17.0 Å². The van der Waals surface area contributed by atoms with Gasteiger partial charge >= 0.3 is 0 Å². The van der Waals surface area contributed by atoms with Gasteiger partial charge in [0.15, 0.2) is 6.10 Å². The summed E-state index contributed by atoms with van der Waals surface area (Å²) in [6.45, 7) is 5.32. The van der Waals surface area contributed by atoms with E-state index in [9.17, 15) is 9.18 Å². The van der Waals surface area contributed by atoms with Crippen molar-refractivity contribution >= 4 is 17.5 Å². The minimum atomic E-state index is -0.680. The van der Waals surface area contributed by atoms with Gasteiger partial charge in [0.05, 0.1) is 5.02 Å². The summed E-state index contributed by atoms with van der Waals surface area (Å²) in [7, 11) is 0. The van der Waals surface area contributed by atoms with Crippen LogP contribution in [0.1, 0.15) is 20.8 Å². The molecule has 0 saturated heterocycles. The molecule has 0 aliphatic heterocycles. The molecule has 0 saturated carbocycles. The molecule has 0 aliphatic carbocycles. The third-order valence-corrected chi connectivity index (χ3v) is 2.29. The van der Waals surface area contributed by atoms with Gasteiger partial charge < -0.3 is 10.1 Å². The van der Waals surface area contributed by atoms with Crippen LogP contribution in [0.5, 0.6) is 5.75 Å². The van der Waals surface area contributed by atoms with Crippen molar-refractivity contribution in [2.75, 3.05) is 0 Å². The van der Waals surface area contributed by atoms with E-state index in [0.717, 1.165) is 6.07 Å². The Kier molecular flexibility index (Phi) is 4.75. The highest BCUT2D eigenvalue weighted by molar-refractivity contribution is 6.32. The number of carbonyl (C=O) groups is 1. The Morgan fingerprint density at radius 1 is 1.41 bits per heavy atom. The maximum Gasteiger partial charge on any atom is 0.260 e. The largest absolute Gasteiger partial charge is 0.479 e. The Morgan fingerprint density at radius 3 is 2.59 bits per heavy atom. The highest BCUT2D eigenvalue weighted by Gasteiger charge is 2.16. The average Bonchev–Trinajstić information content (AvgIpc) is 2.21. The lowest BCUT2D eigenvalue weighted by Gasteiger charge is -2.17. The highest BCUT2D eigenvalue weighted by Crippen LogP contribution is 2.25. The quantitative estimate of drug-likeness (QED) is 0.903. The Hall–Kier alpha value is -1.29. The zero-order chi connectivity index (χ0) is 13.0. The number of nitrogens with one attached hydrogen (secondary N) is 1. The molecule has 0 heterocycles. The SMILES string of the molecule is CC(C)NC(=O)C(C)Oc1ccc(F)cc1Cl. The fourth-order valence-electron chi connectivity index (χ4n) is 1.22. The Bertz CT molecular complexity index is 409. The lowest BCUT2D eigenvalue weighted by Crippen LogP contribution is -2.40. The van der Waals surface area contributed by atoms with Crippen LogP contribution in [0.2, 0.25) is 5.02 Å². The molecule has 17 heavy (non-hydrogen) atoms. The number of hydrogen-bond acceptors (Lipinski definition) is 2. The predicted octanol–water partition coefficient (Wildman–Crippen LogP) is 2.77. The minimum absolute atomic E-state index is 0.0391. The predicted molar refractivity (Wildman–Crippen MR) is 64.8 cm³/mol. The van der Waals surface area contributed by atoms with Crippen molar-refractivity contribution in [2.45, 2.75) is 32.9 Å². The second-order valence-electron chi connectivity index (χ2n) is 4.00. The maximum atomic E-state index is 12.8. The summed E-state index contributed by atoms with van der Waals surface area (Å²) < 4.78 is 18.1. The number of ether oxygens (including phenoxy) is 1. The van der Waals surface area contributed by atoms with Crippen molar-refractivity contribution in [2.24, 2.45) is 0 Å². The molecule has 5 heteroatoms. The highest BCUT2D eigenvalue weighted by atomic mass is 35.5. The second kappa shape index (κ2) is 5.87. The van der Waals surface area contributed by atoms with Crippen LogP contribution in [-0.2, 0) is 4.79 Å². The lowest BCUT2D eigenvalue weighted by molar-refractivity contribution is -0.127. The van der Waals surface area contributed by atoms with Crippen LogP contribution in [0.25, 0.3) is 0 Å². The zero-order valence-electron chi connectivity index (χ0n) is 9.96. The summed E-state index contributed by atoms with van der Waals surface area (Å²) in [6.07, 6.45) is -0.680. The topological polar surface area (TPSA) is 38.3 Å². The number of benzene rings is 1. The Balaban J connectivity index is 2.67. The van der Waals surface area contributed by atoms with Gasteiger partial charge in [-0.05, 0) is 39.0 Å². The van der Waals surface area contributed by atoms with E-state index in [2.05, 4.69) is 5.32 Å². The van der Waals surface area contributed by atoms with Crippen molar-refractivity contribution in [1.82, 2.24) is 5.32 Å². The molecular formula is C12H15ClFNO2. The van der Waals surface area contributed by atoms with Crippen molar-refractivity contribution in [1.29, 1.82) is 0 Å². The van der Waals surface area contributed by atoms with Gasteiger partial charge in [-0.15, -0.1) is 0 Å². The number of halogens is 2. The van der Waals surface area contributed by atoms with Crippen LogP contribution in [-0.4, -0.2) is 18.1 Å². The molecule has 1 amide bonds. The third kappa shape index (κ3) is 4.23. The minimum Gasteiger partial charge on any atom is -0.479 e. The summed E-state index contributed by atoms with van der Waals surface area (Å²) in [6, 6.07) is 3.81. The number of rotatable bonds is 4. The molecule has 0 aliphatic rings. The Morgan fingerprint density at radius 2 is 2.06 bits per heavy atom. The molecule has 0 fully saturated rings. The van der Waals surface area contributed by atoms with Gasteiger partial charge in [-0.3, -0.25) is 4.79 Å².